The zero-order valence-electron chi connectivity index (χ0n) is 28.3. The molecule has 2 aliphatic heterocycles. The maximum atomic E-state index is 15.0. The predicted molar refractivity (Wildman–Crippen MR) is 200 cm³/mol. The van der Waals surface area contributed by atoms with Crippen LogP contribution in [0.5, 0.6) is 5.75 Å². The lowest BCUT2D eigenvalue weighted by Gasteiger charge is -2.49. The van der Waals surface area contributed by atoms with E-state index in [1.807, 2.05) is 38.1 Å². The Kier molecular flexibility index (Phi) is 7.39. The van der Waals surface area contributed by atoms with E-state index in [9.17, 15) is 24.3 Å². The van der Waals surface area contributed by atoms with Crippen LogP contribution in [0.4, 0.5) is 11.5 Å². The first kappa shape index (κ1) is 33.1. The van der Waals surface area contributed by atoms with E-state index >= 15 is 0 Å². The van der Waals surface area contributed by atoms with Crippen LogP contribution < -0.4 is 9.80 Å². The van der Waals surface area contributed by atoms with Crippen LogP contribution in [-0.4, -0.2) is 38.5 Å². The number of imide groups is 2. The van der Waals surface area contributed by atoms with Crippen molar-refractivity contribution >= 4 is 79.8 Å². The van der Waals surface area contributed by atoms with E-state index in [0.29, 0.717) is 33.7 Å². The van der Waals surface area contributed by atoms with Crippen molar-refractivity contribution in [3.8, 4) is 16.3 Å². The summed E-state index contributed by atoms with van der Waals surface area (Å²) in [6.07, 6.45) is 2.57. The van der Waals surface area contributed by atoms with Crippen molar-refractivity contribution in [3.63, 3.8) is 0 Å². The number of phenolic OH excluding ortho intramolecular Hbond substituents is 1. The molecule has 0 radical (unpaired) electrons. The Labute approximate surface area is 313 Å². The van der Waals surface area contributed by atoms with E-state index in [0.717, 1.165) is 31.7 Å². The number of nitrogens with zero attached hydrogens (tertiary/aromatic N) is 4. The highest BCUT2D eigenvalue weighted by atomic mass is 35.5. The molecule has 4 amide bonds. The minimum absolute atomic E-state index is 0.0716. The lowest BCUT2D eigenvalue weighted by atomic mass is 9.51. The smallest absolute Gasteiger partial charge is 0.242 e. The van der Waals surface area contributed by atoms with Gasteiger partial charge in [0.15, 0.2) is 0 Å². The number of benzene rings is 3. The van der Waals surface area contributed by atoms with Crippen LogP contribution in [0.15, 0.2) is 84.4 Å². The van der Waals surface area contributed by atoms with Gasteiger partial charge in [-0.1, -0.05) is 47.0 Å². The molecule has 9 nitrogen and oxygen atoms in total. The molecule has 262 valence electrons. The van der Waals surface area contributed by atoms with Crippen molar-refractivity contribution in [3.05, 3.63) is 106 Å². The Hall–Kier alpha value is -4.77. The third-order valence-corrected chi connectivity index (χ3v) is 13.6. The molecule has 3 aromatic carbocycles. The zero-order valence-corrected chi connectivity index (χ0v) is 30.7. The Morgan fingerprint density at radius 3 is 2.31 bits per heavy atom. The Bertz CT molecular complexity index is 2420. The molecule has 3 fully saturated rings. The second-order valence-electron chi connectivity index (χ2n) is 14.4. The fraction of sp³-hybridized carbons (Fsp3) is 0.275. The quantitative estimate of drug-likeness (QED) is 0.147. The van der Waals surface area contributed by atoms with Gasteiger partial charge >= 0.3 is 0 Å². The van der Waals surface area contributed by atoms with Gasteiger partial charge in [0.1, 0.15) is 17.3 Å². The van der Waals surface area contributed by atoms with Gasteiger partial charge in [-0.3, -0.25) is 28.8 Å². The number of carbonyl (C=O) groups is 4. The van der Waals surface area contributed by atoms with Crippen molar-refractivity contribution < 1.29 is 24.3 Å². The summed E-state index contributed by atoms with van der Waals surface area (Å²) in [6, 6.07) is 20.9. The number of hydrogen-bond acceptors (Lipinski definition) is 7. The molecule has 52 heavy (non-hydrogen) atoms. The number of hydrogen-bond donors (Lipinski definition) is 1. The van der Waals surface area contributed by atoms with Gasteiger partial charge in [0.2, 0.25) is 23.6 Å². The minimum Gasteiger partial charge on any atom is -0.508 e. The fourth-order valence-corrected chi connectivity index (χ4v) is 10.8. The predicted octanol–water partition coefficient (Wildman–Crippen LogP) is 8.06. The van der Waals surface area contributed by atoms with Crippen LogP contribution in [0.1, 0.15) is 36.8 Å². The molecular formula is C40H32Cl2N4O5S. The summed E-state index contributed by atoms with van der Waals surface area (Å²) in [5.74, 6) is -4.01. The largest absolute Gasteiger partial charge is 0.508 e. The summed E-state index contributed by atoms with van der Waals surface area (Å²) in [6.45, 7) is 3.85. The minimum atomic E-state index is -1.22. The maximum Gasteiger partial charge on any atom is 0.242 e. The summed E-state index contributed by atoms with van der Waals surface area (Å²) in [5, 5.41) is 17.2. The number of amides is 4. The number of allylic oxidation sites excluding steroid dienone is 2. The Balaban J connectivity index is 1.14. The van der Waals surface area contributed by atoms with E-state index in [4.69, 9.17) is 28.3 Å². The molecule has 1 saturated carbocycles. The summed E-state index contributed by atoms with van der Waals surface area (Å²) < 4.78 is 2.63. The molecule has 2 aromatic heterocycles. The molecule has 0 bridgehead atoms. The third kappa shape index (κ3) is 4.56. The highest BCUT2D eigenvalue weighted by Crippen LogP contribution is 2.64. The number of aryl methyl sites for hydroxylation is 2. The van der Waals surface area contributed by atoms with Gasteiger partial charge in [0.05, 0.1) is 33.7 Å². The van der Waals surface area contributed by atoms with Crippen LogP contribution in [-0.2, 0) is 26.2 Å². The summed E-state index contributed by atoms with van der Waals surface area (Å²) in [5.41, 5.74) is 2.50. The van der Waals surface area contributed by atoms with Gasteiger partial charge < -0.3 is 5.11 Å². The number of phenols is 1. The molecule has 12 heteroatoms. The Morgan fingerprint density at radius 2 is 1.58 bits per heavy atom. The van der Waals surface area contributed by atoms with Crippen LogP contribution in [0.25, 0.3) is 20.7 Å². The van der Waals surface area contributed by atoms with Gasteiger partial charge in [-0.2, -0.15) is 5.10 Å². The van der Waals surface area contributed by atoms with Gasteiger partial charge in [-0.15, -0.1) is 11.3 Å². The van der Waals surface area contributed by atoms with Crippen molar-refractivity contribution in [2.75, 3.05) is 9.80 Å². The van der Waals surface area contributed by atoms with Crippen LogP contribution >= 0.6 is 34.5 Å². The lowest BCUT2D eigenvalue weighted by Crippen LogP contribution is -2.48. The standard InChI is InChI=1S/C40H32Cl2N4O5S/c1-19-27-16-22(42)8-15-31(27)52-35(19)30-18-32(44(3)43-30)46-37(49)29-17-28-25(34(40(29,2)39(46)51)20-4-11-24(47)12-5-20)13-14-26-33(28)38(50)45(36(26)48)23-9-6-21(41)7-10-23/h4-13,15-16,18,26,28-29,33-34,47H,14,17H2,1-3H3. The fourth-order valence-electron chi connectivity index (χ4n) is 9.34. The number of halogens is 2. The van der Waals surface area contributed by atoms with Gasteiger partial charge in [-0.25, -0.2) is 4.90 Å². The van der Waals surface area contributed by atoms with Crippen LogP contribution in [0.3, 0.4) is 0 Å². The maximum absolute atomic E-state index is 15.0. The molecule has 6 unspecified atom stereocenters. The lowest BCUT2D eigenvalue weighted by molar-refractivity contribution is -0.131. The highest BCUT2D eigenvalue weighted by Gasteiger charge is 2.68. The molecule has 2 aliphatic carbocycles. The molecular weight excluding hydrogens is 719 g/mol. The van der Waals surface area contributed by atoms with Gasteiger partial charge in [0, 0.05) is 33.8 Å². The number of anilines is 2. The normalized spacial score (nSPS) is 26.9. The second-order valence-corrected chi connectivity index (χ2v) is 16.4. The first-order chi connectivity index (χ1) is 24.9. The van der Waals surface area contributed by atoms with E-state index < -0.39 is 35.0 Å². The number of thiophene rings is 1. The molecule has 6 atom stereocenters. The number of rotatable bonds is 4. The van der Waals surface area contributed by atoms with E-state index in [2.05, 4.69) is 0 Å². The van der Waals surface area contributed by atoms with Crippen LogP contribution in [0.2, 0.25) is 10.0 Å². The highest BCUT2D eigenvalue weighted by molar-refractivity contribution is 7.22. The number of fused-ring (bicyclic) bond motifs is 5. The SMILES string of the molecule is Cc1c(-c2cc(N3C(=O)C4CC5C(=CCC6C(=O)N(c7ccc(Cl)cc7)C(=O)C65)C(c5ccc(O)cc5)C4(C)C3=O)n(C)n2)sc2ccc(Cl)cc12. The zero-order chi connectivity index (χ0) is 36.4. The molecule has 0 spiro atoms. The van der Waals surface area contributed by atoms with Crippen molar-refractivity contribution in [1.29, 1.82) is 0 Å². The van der Waals surface area contributed by atoms with Crippen molar-refractivity contribution in [2.24, 2.45) is 36.1 Å². The first-order valence-corrected chi connectivity index (χ1v) is 18.7. The van der Waals surface area contributed by atoms with Gasteiger partial charge in [0.25, 0.3) is 0 Å². The van der Waals surface area contributed by atoms with Crippen LogP contribution in [0, 0.1) is 36.0 Å². The monoisotopic (exact) mass is 750 g/mol. The second kappa shape index (κ2) is 11.6. The number of carbonyl (C=O) groups excluding carboxylic acids is 4. The Morgan fingerprint density at radius 1 is 0.865 bits per heavy atom. The summed E-state index contributed by atoms with van der Waals surface area (Å²) in [4.78, 5) is 61.4. The van der Waals surface area contributed by atoms with E-state index in [1.54, 1.807) is 77.7 Å². The van der Waals surface area contributed by atoms with Crippen molar-refractivity contribution in [2.45, 2.75) is 32.6 Å². The average molecular weight is 752 g/mol. The average Bonchev–Trinajstić information content (AvgIpc) is 3.79. The number of aromatic hydroxyl groups is 1. The summed E-state index contributed by atoms with van der Waals surface area (Å²) >= 11 is 14.0. The first-order valence-electron chi connectivity index (χ1n) is 17.1. The summed E-state index contributed by atoms with van der Waals surface area (Å²) in [7, 11) is 1.72. The molecule has 9 rings (SSSR count). The van der Waals surface area contributed by atoms with E-state index in [-0.39, 0.29) is 35.8 Å². The molecule has 2 saturated heterocycles. The third-order valence-electron chi connectivity index (χ3n) is 11.8. The molecule has 4 heterocycles. The number of aromatic nitrogens is 2. The topological polar surface area (TPSA) is 113 Å². The molecule has 5 aromatic rings. The van der Waals surface area contributed by atoms with Gasteiger partial charge in [-0.05, 0) is 104 Å². The molecule has 1 N–H and O–H groups in total. The van der Waals surface area contributed by atoms with Crippen molar-refractivity contribution in [1.82, 2.24) is 9.78 Å². The molecule has 4 aliphatic rings. The van der Waals surface area contributed by atoms with E-state index in [1.165, 1.54) is 9.80 Å².